The van der Waals surface area contributed by atoms with E-state index in [0.29, 0.717) is 5.52 Å². The number of amides is 2. The zero-order valence-corrected chi connectivity index (χ0v) is 20.2. The molecule has 4 aromatic rings. The van der Waals surface area contributed by atoms with E-state index in [2.05, 4.69) is 15.6 Å². The van der Waals surface area contributed by atoms with Gasteiger partial charge in [0.25, 0.3) is 15.6 Å². The van der Waals surface area contributed by atoms with Crippen LogP contribution < -0.4 is 20.9 Å². The summed E-state index contributed by atoms with van der Waals surface area (Å²) < 4.78 is 56.1. The second-order valence-corrected chi connectivity index (χ2v) is 10.7. The lowest BCUT2D eigenvalue weighted by molar-refractivity contribution is 0.256. The Morgan fingerprint density at radius 3 is 2.60 bits per heavy atom. The molecular formula is C21H16ClF2N5O4S2. The topological polar surface area (TPSA) is 122 Å². The number of alkyl halides is 1. The summed E-state index contributed by atoms with van der Waals surface area (Å²) in [5, 5.41) is 5.26. The van der Waals surface area contributed by atoms with Gasteiger partial charge >= 0.3 is 6.03 Å². The van der Waals surface area contributed by atoms with E-state index in [0.717, 1.165) is 40.1 Å². The molecule has 0 atom stereocenters. The van der Waals surface area contributed by atoms with Crippen LogP contribution in [-0.4, -0.2) is 31.0 Å². The highest BCUT2D eigenvalue weighted by molar-refractivity contribution is 7.92. The number of aromatic nitrogens is 2. The molecule has 0 saturated carbocycles. The standard InChI is InChI=1S/C21H16ClF2N5O4S2/c1-25-12-2-3-14-16(8-12)26-10-29(20(14)30)19-11(9-23)6-13(7-15(19)24)27-21(31)28-35(32,33)18-5-4-17(22)34-18/h2-8,10,25H,9H2,1H3,(H2,27,28,31). The van der Waals surface area contributed by atoms with Gasteiger partial charge in [-0.2, -0.15) is 0 Å². The van der Waals surface area contributed by atoms with Crippen LogP contribution in [0.2, 0.25) is 4.34 Å². The van der Waals surface area contributed by atoms with Crippen LogP contribution in [0.15, 0.2) is 57.8 Å². The Morgan fingerprint density at radius 2 is 1.94 bits per heavy atom. The molecule has 3 N–H and O–H groups in total. The van der Waals surface area contributed by atoms with E-state index >= 15 is 4.39 Å². The molecule has 0 fully saturated rings. The van der Waals surface area contributed by atoms with Gasteiger partial charge in [0.05, 0.1) is 20.9 Å². The van der Waals surface area contributed by atoms with Crippen LogP contribution in [0.4, 0.5) is 25.0 Å². The van der Waals surface area contributed by atoms with Gasteiger partial charge in [-0.3, -0.25) is 9.36 Å². The van der Waals surface area contributed by atoms with Gasteiger partial charge in [0.2, 0.25) is 0 Å². The third-order valence-corrected chi connectivity index (χ3v) is 7.93. The smallest absolute Gasteiger partial charge is 0.333 e. The first-order valence-corrected chi connectivity index (χ1v) is 12.5. The lowest BCUT2D eigenvalue weighted by Crippen LogP contribution is -2.34. The minimum atomic E-state index is -4.22. The summed E-state index contributed by atoms with van der Waals surface area (Å²) in [4.78, 5) is 29.3. The van der Waals surface area contributed by atoms with Crippen molar-refractivity contribution in [3.63, 3.8) is 0 Å². The molecule has 0 radical (unpaired) electrons. The van der Waals surface area contributed by atoms with Gasteiger partial charge in [0, 0.05) is 24.0 Å². The first kappa shape index (κ1) is 24.6. The summed E-state index contributed by atoms with van der Waals surface area (Å²) in [5.41, 5.74) is -0.402. The molecule has 0 unspecified atom stereocenters. The van der Waals surface area contributed by atoms with Gasteiger partial charge in [-0.05, 0) is 42.5 Å². The third-order valence-electron chi connectivity index (χ3n) is 4.87. The van der Waals surface area contributed by atoms with E-state index in [-0.39, 0.29) is 30.9 Å². The van der Waals surface area contributed by atoms with Crippen LogP contribution in [0.5, 0.6) is 0 Å². The molecule has 0 aliphatic heterocycles. The zero-order valence-electron chi connectivity index (χ0n) is 17.8. The number of hydrogen-bond acceptors (Lipinski definition) is 7. The lowest BCUT2D eigenvalue weighted by Gasteiger charge is -2.14. The Labute approximate surface area is 206 Å². The highest BCUT2D eigenvalue weighted by atomic mass is 35.5. The maximum absolute atomic E-state index is 15.1. The fourth-order valence-corrected chi connectivity index (χ4v) is 5.70. The molecule has 0 bridgehead atoms. The first-order chi connectivity index (χ1) is 16.6. The second-order valence-electron chi connectivity index (χ2n) is 7.12. The van der Waals surface area contributed by atoms with Gasteiger partial charge in [0.1, 0.15) is 23.0 Å². The predicted octanol–water partition coefficient (Wildman–Crippen LogP) is 4.26. The van der Waals surface area contributed by atoms with Crippen LogP contribution in [0.3, 0.4) is 0 Å². The second kappa shape index (κ2) is 9.60. The number of halogens is 3. The Morgan fingerprint density at radius 1 is 1.17 bits per heavy atom. The number of carbonyl (C=O) groups excluding carboxylic acids is 1. The van der Waals surface area contributed by atoms with Crippen molar-refractivity contribution >= 4 is 61.3 Å². The normalized spacial score (nSPS) is 11.4. The van der Waals surface area contributed by atoms with Gasteiger partial charge in [-0.15, -0.1) is 11.3 Å². The van der Waals surface area contributed by atoms with Crippen molar-refractivity contribution < 1.29 is 22.0 Å². The summed E-state index contributed by atoms with van der Waals surface area (Å²) >= 11 is 6.46. The van der Waals surface area contributed by atoms with Crippen molar-refractivity contribution in [2.75, 3.05) is 17.7 Å². The molecule has 9 nitrogen and oxygen atoms in total. The average molecular weight is 540 g/mol. The van der Waals surface area contributed by atoms with Crippen LogP contribution in [0.25, 0.3) is 16.6 Å². The van der Waals surface area contributed by atoms with E-state index in [1.807, 2.05) is 0 Å². The average Bonchev–Trinajstić information content (AvgIpc) is 3.26. The molecule has 182 valence electrons. The van der Waals surface area contributed by atoms with Crippen molar-refractivity contribution in [2.24, 2.45) is 0 Å². The maximum atomic E-state index is 15.1. The van der Waals surface area contributed by atoms with Crippen LogP contribution in [0, 0.1) is 5.82 Å². The number of thiophene rings is 1. The summed E-state index contributed by atoms with van der Waals surface area (Å²) in [6, 6.07) is 8.09. The number of carbonyl (C=O) groups is 1. The highest BCUT2D eigenvalue weighted by Gasteiger charge is 2.21. The fraction of sp³-hybridized carbons (Fsp3) is 0.0952. The summed E-state index contributed by atoms with van der Waals surface area (Å²) in [6.07, 6.45) is 1.08. The number of nitrogens with zero attached hydrogens (tertiary/aromatic N) is 2. The van der Waals surface area contributed by atoms with Gasteiger partial charge < -0.3 is 10.6 Å². The van der Waals surface area contributed by atoms with E-state index in [1.54, 1.807) is 23.9 Å². The zero-order chi connectivity index (χ0) is 25.3. The Bertz CT molecular complexity index is 1620. The summed E-state index contributed by atoms with van der Waals surface area (Å²) in [7, 11) is -2.52. The minimum absolute atomic E-state index is 0.191. The molecule has 4 rings (SSSR count). The van der Waals surface area contributed by atoms with Crippen molar-refractivity contribution in [3.8, 4) is 5.69 Å². The number of urea groups is 1. The van der Waals surface area contributed by atoms with Crippen molar-refractivity contribution in [3.05, 3.63) is 74.9 Å². The third kappa shape index (κ3) is 4.97. The molecule has 0 aliphatic carbocycles. The molecule has 2 heterocycles. The van der Waals surface area contributed by atoms with Crippen molar-refractivity contribution in [1.29, 1.82) is 0 Å². The first-order valence-electron chi connectivity index (χ1n) is 9.80. The Hall–Kier alpha value is -3.55. The molecule has 0 aliphatic rings. The van der Waals surface area contributed by atoms with E-state index in [9.17, 15) is 22.4 Å². The van der Waals surface area contributed by atoms with Crippen LogP contribution in [0.1, 0.15) is 5.56 Å². The molecule has 2 aromatic carbocycles. The molecule has 2 aromatic heterocycles. The van der Waals surface area contributed by atoms with Gasteiger partial charge in [-0.1, -0.05) is 11.6 Å². The highest BCUT2D eigenvalue weighted by Crippen LogP contribution is 2.27. The maximum Gasteiger partial charge on any atom is 0.333 e. The van der Waals surface area contributed by atoms with E-state index in [1.165, 1.54) is 18.2 Å². The fourth-order valence-electron chi connectivity index (χ4n) is 3.31. The van der Waals surface area contributed by atoms with E-state index < -0.39 is 34.1 Å². The van der Waals surface area contributed by atoms with Gasteiger partial charge in [0.15, 0.2) is 0 Å². The molecule has 14 heteroatoms. The number of fused-ring (bicyclic) bond motifs is 1. The molecule has 0 saturated heterocycles. The number of hydrogen-bond donors (Lipinski definition) is 3. The molecular weight excluding hydrogens is 524 g/mol. The monoisotopic (exact) mass is 539 g/mol. The van der Waals surface area contributed by atoms with Gasteiger partial charge in [-0.25, -0.2) is 31.7 Å². The summed E-state index contributed by atoms with van der Waals surface area (Å²) in [5.74, 6) is -1.03. The Balaban J connectivity index is 1.66. The SMILES string of the molecule is CNc1ccc2c(=O)n(-c3c(F)cc(NC(=O)NS(=O)(=O)c4ccc(Cl)s4)cc3CF)cnc2c1. The van der Waals surface area contributed by atoms with Crippen LogP contribution >= 0.6 is 22.9 Å². The number of rotatable bonds is 6. The Kier molecular flexibility index (Phi) is 6.74. The number of benzene rings is 2. The lowest BCUT2D eigenvalue weighted by atomic mass is 10.1. The largest absolute Gasteiger partial charge is 0.388 e. The minimum Gasteiger partial charge on any atom is -0.388 e. The molecule has 0 spiro atoms. The van der Waals surface area contributed by atoms with E-state index in [4.69, 9.17) is 11.6 Å². The molecule has 2 amide bonds. The predicted molar refractivity (Wildman–Crippen MR) is 130 cm³/mol. The van der Waals surface area contributed by atoms with Crippen molar-refractivity contribution in [2.45, 2.75) is 10.9 Å². The quantitative estimate of drug-likeness (QED) is 0.336. The summed E-state index contributed by atoms with van der Waals surface area (Å²) in [6.45, 7) is -1.18. The van der Waals surface area contributed by atoms with Crippen molar-refractivity contribution in [1.82, 2.24) is 14.3 Å². The van der Waals surface area contributed by atoms with Crippen LogP contribution in [-0.2, 0) is 16.7 Å². The number of nitrogens with one attached hydrogen (secondary N) is 3. The molecule has 35 heavy (non-hydrogen) atoms. The number of sulfonamides is 1. The number of anilines is 2.